The van der Waals surface area contributed by atoms with Crippen molar-refractivity contribution in [3.05, 3.63) is 35.7 Å². The molecule has 1 heterocycles. The van der Waals surface area contributed by atoms with Crippen molar-refractivity contribution in [3.63, 3.8) is 0 Å². The number of hydrogen-bond donors (Lipinski definition) is 2. The lowest BCUT2D eigenvalue weighted by Gasteiger charge is -2.23. The highest BCUT2D eigenvalue weighted by Crippen LogP contribution is 2.24. The molecule has 0 bridgehead atoms. The molecule has 0 spiro atoms. The van der Waals surface area contributed by atoms with E-state index in [2.05, 4.69) is 15.6 Å². The van der Waals surface area contributed by atoms with Crippen molar-refractivity contribution in [1.29, 1.82) is 0 Å². The molecule has 0 saturated carbocycles. The zero-order valence-corrected chi connectivity index (χ0v) is 13.6. The molecule has 1 unspecified atom stereocenters. The smallest absolute Gasteiger partial charge is 0.242 e. The topological polar surface area (TPSA) is 54.0 Å². The van der Waals surface area contributed by atoms with E-state index in [0.29, 0.717) is 0 Å². The van der Waals surface area contributed by atoms with Crippen molar-refractivity contribution in [3.8, 4) is 11.3 Å². The second kappa shape index (κ2) is 6.26. The van der Waals surface area contributed by atoms with Gasteiger partial charge in [-0.2, -0.15) is 0 Å². The van der Waals surface area contributed by atoms with Crippen LogP contribution in [0.15, 0.2) is 35.7 Å². The van der Waals surface area contributed by atoms with Gasteiger partial charge in [-0.3, -0.25) is 4.79 Å². The molecular formula is C16H21N3OS. The Morgan fingerprint density at radius 2 is 1.90 bits per heavy atom. The first-order chi connectivity index (χ1) is 9.85. The van der Waals surface area contributed by atoms with Gasteiger partial charge in [0.05, 0.1) is 5.69 Å². The molecule has 0 saturated heterocycles. The lowest BCUT2D eigenvalue weighted by molar-refractivity contribution is -0.122. The molecule has 2 aromatic rings. The first-order valence-electron chi connectivity index (χ1n) is 6.95. The lowest BCUT2D eigenvalue weighted by atomic mass is 10.1. The summed E-state index contributed by atoms with van der Waals surface area (Å²) in [6.45, 7) is 7.74. The number of anilines is 1. The predicted molar refractivity (Wildman–Crippen MR) is 88.5 cm³/mol. The van der Waals surface area contributed by atoms with E-state index in [1.54, 1.807) is 0 Å². The van der Waals surface area contributed by atoms with Crippen LogP contribution in [0.1, 0.15) is 27.7 Å². The summed E-state index contributed by atoms with van der Waals surface area (Å²) in [5.41, 5.74) is 1.77. The highest BCUT2D eigenvalue weighted by atomic mass is 32.1. The minimum Gasteiger partial charge on any atom is -0.350 e. The normalized spacial score (nSPS) is 12.8. The summed E-state index contributed by atoms with van der Waals surface area (Å²) in [5.74, 6) is -0.0287. The molecule has 0 aliphatic carbocycles. The van der Waals surface area contributed by atoms with E-state index in [1.807, 2.05) is 63.4 Å². The number of nitrogens with zero attached hydrogens (tertiary/aromatic N) is 1. The fraction of sp³-hybridized carbons (Fsp3) is 0.375. The molecule has 4 nitrogen and oxygen atoms in total. The minimum absolute atomic E-state index is 0.0287. The molecule has 0 radical (unpaired) electrons. The van der Waals surface area contributed by atoms with Crippen LogP contribution < -0.4 is 10.6 Å². The number of carbonyl (C=O) groups excluding carboxylic acids is 1. The first kappa shape index (κ1) is 15.5. The molecule has 2 N–H and O–H groups in total. The average Bonchev–Trinajstić information content (AvgIpc) is 2.86. The van der Waals surface area contributed by atoms with Crippen LogP contribution in [0.3, 0.4) is 0 Å². The van der Waals surface area contributed by atoms with Crippen LogP contribution in [0.2, 0.25) is 0 Å². The van der Waals surface area contributed by atoms with Gasteiger partial charge in [-0.05, 0) is 27.7 Å². The molecule has 1 atom stereocenters. The maximum atomic E-state index is 12.0. The Morgan fingerprint density at radius 3 is 2.52 bits per heavy atom. The van der Waals surface area contributed by atoms with Crippen molar-refractivity contribution in [2.45, 2.75) is 39.3 Å². The molecule has 21 heavy (non-hydrogen) atoms. The molecular weight excluding hydrogens is 282 g/mol. The van der Waals surface area contributed by atoms with Crippen LogP contribution in [0, 0.1) is 0 Å². The fourth-order valence-corrected chi connectivity index (χ4v) is 2.62. The number of carbonyl (C=O) groups is 1. The monoisotopic (exact) mass is 303 g/mol. The number of aromatic nitrogens is 1. The van der Waals surface area contributed by atoms with Gasteiger partial charge in [0, 0.05) is 16.5 Å². The third kappa shape index (κ3) is 4.56. The van der Waals surface area contributed by atoms with Gasteiger partial charge in [0.1, 0.15) is 6.04 Å². The lowest BCUT2D eigenvalue weighted by Crippen LogP contribution is -2.47. The van der Waals surface area contributed by atoms with E-state index in [4.69, 9.17) is 0 Å². The van der Waals surface area contributed by atoms with Crippen LogP contribution in [0.5, 0.6) is 0 Å². The molecule has 0 aliphatic rings. The summed E-state index contributed by atoms with van der Waals surface area (Å²) in [4.78, 5) is 16.6. The second-order valence-electron chi connectivity index (χ2n) is 6.01. The standard InChI is InChI=1S/C16H21N3OS/c1-11(14(20)19-16(2,3)4)17-15-18-13(10-21-15)12-8-6-5-7-9-12/h5-11H,1-4H3,(H,17,18)(H,19,20). The highest BCUT2D eigenvalue weighted by molar-refractivity contribution is 7.14. The summed E-state index contributed by atoms with van der Waals surface area (Å²) < 4.78 is 0. The summed E-state index contributed by atoms with van der Waals surface area (Å²) in [6, 6.07) is 9.68. The van der Waals surface area contributed by atoms with E-state index in [9.17, 15) is 4.79 Å². The maximum Gasteiger partial charge on any atom is 0.242 e. The molecule has 2 rings (SSSR count). The van der Waals surface area contributed by atoms with Crippen molar-refractivity contribution in [1.82, 2.24) is 10.3 Å². The predicted octanol–water partition coefficient (Wildman–Crippen LogP) is 3.53. The van der Waals surface area contributed by atoms with Gasteiger partial charge < -0.3 is 10.6 Å². The Bertz CT molecular complexity index is 601. The molecule has 112 valence electrons. The molecule has 1 aromatic carbocycles. The van der Waals surface area contributed by atoms with Gasteiger partial charge in [-0.15, -0.1) is 11.3 Å². The number of hydrogen-bond acceptors (Lipinski definition) is 4. The van der Waals surface area contributed by atoms with E-state index in [1.165, 1.54) is 11.3 Å². The second-order valence-corrected chi connectivity index (χ2v) is 6.87. The minimum atomic E-state index is -0.320. The van der Waals surface area contributed by atoms with Gasteiger partial charge in [0.25, 0.3) is 0 Å². The van der Waals surface area contributed by atoms with Crippen LogP contribution in [0.25, 0.3) is 11.3 Å². The van der Waals surface area contributed by atoms with E-state index in [0.717, 1.165) is 16.4 Å². The first-order valence-corrected chi connectivity index (χ1v) is 7.82. The number of thiazole rings is 1. The zero-order valence-electron chi connectivity index (χ0n) is 12.8. The Labute approximate surface area is 129 Å². The van der Waals surface area contributed by atoms with E-state index < -0.39 is 0 Å². The van der Waals surface area contributed by atoms with Crippen molar-refractivity contribution in [2.75, 3.05) is 5.32 Å². The Balaban J connectivity index is 2.01. The number of amides is 1. The summed E-state index contributed by atoms with van der Waals surface area (Å²) in [6.07, 6.45) is 0. The highest BCUT2D eigenvalue weighted by Gasteiger charge is 2.19. The third-order valence-corrected chi connectivity index (χ3v) is 3.58. The van der Waals surface area contributed by atoms with Gasteiger partial charge >= 0.3 is 0 Å². The Kier molecular flexibility index (Phi) is 4.63. The summed E-state index contributed by atoms with van der Waals surface area (Å²) in [7, 11) is 0. The quantitative estimate of drug-likeness (QED) is 0.908. The van der Waals surface area contributed by atoms with Crippen molar-refractivity contribution >= 4 is 22.4 Å². The molecule has 1 amide bonds. The molecule has 5 heteroatoms. The molecule has 1 aromatic heterocycles. The number of benzene rings is 1. The van der Waals surface area contributed by atoms with Gasteiger partial charge in [-0.25, -0.2) is 4.98 Å². The number of rotatable bonds is 4. The van der Waals surface area contributed by atoms with Crippen LogP contribution in [-0.2, 0) is 4.79 Å². The maximum absolute atomic E-state index is 12.0. The number of nitrogens with one attached hydrogen (secondary N) is 2. The Morgan fingerprint density at radius 1 is 1.24 bits per heavy atom. The summed E-state index contributed by atoms with van der Waals surface area (Å²) >= 11 is 1.51. The van der Waals surface area contributed by atoms with Gasteiger partial charge in [0.2, 0.25) is 5.91 Å². The van der Waals surface area contributed by atoms with Crippen molar-refractivity contribution < 1.29 is 4.79 Å². The van der Waals surface area contributed by atoms with E-state index >= 15 is 0 Å². The van der Waals surface area contributed by atoms with E-state index in [-0.39, 0.29) is 17.5 Å². The van der Waals surface area contributed by atoms with Gasteiger partial charge in [0.15, 0.2) is 5.13 Å². The van der Waals surface area contributed by atoms with Crippen molar-refractivity contribution in [2.24, 2.45) is 0 Å². The van der Waals surface area contributed by atoms with Crippen LogP contribution in [-0.4, -0.2) is 22.5 Å². The van der Waals surface area contributed by atoms with Crippen LogP contribution in [0.4, 0.5) is 5.13 Å². The Hall–Kier alpha value is -1.88. The fourth-order valence-electron chi connectivity index (χ4n) is 1.81. The van der Waals surface area contributed by atoms with Gasteiger partial charge in [-0.1, -0.05) is 30.3 Å². The SMILES string of the molecule is CC(Nc1nc(-c2ccccc2)cs1)C(=O)NC(C)(C)C. The zero-order chi connectivity index (χ0) is 15.5. The molecule has 0 fully saturated rings. The summed E-state index contributed by atoms with van der Waals surface area (Å²) in [5, 5.41) is 8.85. The molecule has 0 aliphatic heterocycles. The van der Waals surface area contributed by atoms with Crippen LogP contribution >= 0.6 is 11.3 Å². The largest absolute Gasteiger partial charge is 0.350 e. The average molecular weight is 303 g/mol. The third-order valence-electron chi connectivity index (χ3n) is 2.81.